The van der Waals surface area contributed by atoms with Gasteiger partial charge in [0, 0.05) is 12.0 Å². The summed E-state index contributed by atoms with van der Waals surface area (Å²) in [6.07, 6.45) is 11.1. The number of hydrogen-bond acceptors (Lipinski definition) is 4. The molecule has 0 unspecified atom stereocenters. The molecule has 0 aliphatic rings. The molecule has 0 fully saturated rings. The number of hydrogen-bond donors (Lipinski definition) is 0. The van der Waals surface area contributed by atoms with E-state index in [1.165, 1.54) is 30.4 Å². The molecular weight excluding hydrogens is 376 g/mol. The summed E-state index contributed by atoms with van der Waals surface area (Å²) < 4.78 is 5.79. The lowest BCUT2D eigenvalue weighted by Crippen LogP contribution is -1.95. The molecule has 3 rings (SSSR count). The number of unbranched alkanes of at least 4 members (excludes halogenated alkanes) is 2. The van der Waals surface area contributed by atoms with Gasteiger partial charge in [0.05, 0.1) is 6.61 Å². The lowest BCUT2D eigenvalue weighted by Gasteiger charge is -2.07. The van der Waals surface area contributed by atoms with E-state index in [1.54, 1.807) is 11.3 Å². The van der Waals surface area contributed by atoms with Crippen LogP contribution in [0.5, 0.6) is 5.75 Å². The molecule has 4 heteroatoms. The van der Waals surface area contributed by atoms with Gasteiger partial charge in [0.15, 0.2) is 0 Å². The maximum atomic E-state index is 5.79. The Hall–Kier alpha value is -2.46. The summed E-state index contributed by atoms with van der Waals surface area (Å²) in [5.74, 6) is 0.916. The third-order valence-corrected chi connectivity index (χ3v) is 5.77. The first kappa shape index (κ1) is 21.3. The van der Waals surface area contributed by atoms with Gasteiger partial charge in [-0.1, -0.05) is 86.6 Å². The van der Waals surface area contributed by atoms with Crippen LogP contribution in [0.3, 0.4) is 0 Å². The molecule has 0 radical (unpaired) electrons. The molecule has 0 atom stereocenters. The summed E-state index contributed by atoms with van der Waals surface area (Å²) in [7, 11) is 0. The fourth-order valence-corrected chi connectivity index (χ4v) is 3.96. The van der Waals surface area contributed by atoms with Crippen LogP contribution < -0.4 is 4.74 Å². The topological polar surface area (TPSA) is 35.0 Å². The van der Waals surface area contributed by atoms with Gasteiger partial charge in [-0.15, -0.1) is 10.2 Å². The van der Waals surface area contributed by atoms with Gasteiger partial charge in [-0.3, -0.25) is 0 Å². The molecule has 0 aliphatic carbocycles. The molecule has 1 aromatic heterocycles. The molecule has 0 aliphatic heterocycles. The number of aryl methyl sites for hydroxylation is 1. The molecule has 3 aromatic rings. The minimum atomic E-state index is 0.715. The minimum absolute atomic E-state index is 0.715. The Morgan fingerprint density at radius 1 is 0.828 bits per heavy atom. The standard InChI is InChI=1S/C25H30N2OS/c1-3-5-7-9-19-28-23-17-15-21(16-18-23)20-11-13-22(14-12-20)25-27-26-24(29-25)10-8-6-4-2/h5,7,11-18H,3-4,6,8-10,19H2,1-2H3/b7-5-. The van der Waals surface area contributed by atoms with Crippen LogP contribution in [0, 0.1) is 0 Å². The van der Waals surface area contributed by atoms with Gasteiger partial charge in [0.2, 0.25) is 0 Å². The first-order valence-electron chi connectivity index (χ1n) is 10.6. The van der Waals surface area contributed by atoms with E-state index in [0.29, 0.717) is 6.61 Å². The second-order valence-corrected chi connectivity index (χ2v) is 8.14. The van der Waals surface area contributed by atoms with Crippen molar-refractivity contribution in [3.05, 3.63) is 65.7 Å². The van der Waals surface area contributed by atoms with Crippen LogP contribution in [-0.4, -0.2) is 16.8 Å². The van der Waals surface area contributed by atoms with Crippen molar-refractivity contribution >= 4 is 11.3 Å². The highest BCUT2D eigenvalue weighted by Gasteiger charge is 2.07. The summed E-state index contributed by atoms with van der Waals surface area (Å²) in [5.41, 5.74) is 3.51. The molecule has 0 amide bonds. The lowest BCUT2D eigenvalue weighted by molar-refractivity contribution is 0.325. The summed E-state index contributed by atoms with van der Waals surface area (Å²) in [4.78, 5) is 0. The molecule has 3 nitrogen and oxygen atoms in total. The highest BCUT2D eigenvalue weighted by Crippen LogP contribution is 2.28. The first-order chi connectivity index (χ1) is 14.3. The van der Waals surface area contributed by atoms with E-state index in [9.17, 15) is 0 Å². The predicted octanol–water partition coefficient (Wildman–Crippen LogP) is 7.34. The van der Waals surface area contributed by atoms with E-state index in [4.69, 9.17) is 4.74 Å². The zero-order valence-corrected chi connectivity index (χ0v) is 18.3. The van der Waals surface area contributed by atoms with E-state index in [2.05, 4.69) is 72.6 Å². The van der Waals surface area contributed by atoms with E-state index >= 15 is 0 Å². The summed E-state index contributed by atoms with van der Waals surface area (Å²) in [5, 5.41) is 10.9. The Balaban J connectivity index is 1.57. The average Bonchev–Trinajstić information content (AvgIpc) is 3.23. The van der Waals surface area contributed by atoms with Gasteiger partial charge in [0.25, 0.3) is 0 Å². The van der Waals surface area contributed by atoms with Crippen LogP contribution in [0.2, 0.25) is 0 Å². The molecule has 2 aromatic carbocycles. The Labute approximate surface area is 178 Å². The van der Waals surface area contributed by atoms with Crippen molar-refractivity contribution in [2.75, 3.05) is 6.61 Å². The molecule has 29 heavy (non-hydrogen) atoms. The van der Waals surface area contributed by atoms with Crippen LogP contribution in [0.15, 0.2) is 60.7 Å². The van der Waals surface area contributed by atoms with Crippen molar-refractivity contribution in [1.29, 1.82) is 0 Å². The van der Waals surface area contributed by atoms with Crippen molar-refractivity contribution in [2.45, 2.75) is 52.4 Å². The van der Waals surface area contributed by atoms with Gasteiger partial charge >= 0.3 is 0 Å². The SMILES string of the molecule is CC/C=C\CCOc1ccc(-c2ccc(-c3nnc(CCCCC)s3)cc2)cc1. The molecule has 1 heterocycles. The van der Waals surface area contributed by atoms with E-state index in [1.807, 2.05) is 12.1 Å². The van der Waals surface area contributed by atoms with Gasteiger partial charge in [0.1, 0.15) is 15.8 Å². The molecule has 0 spiro atoms. The van der Waals surface area contributed by atoms with Gasteiger partial charge in [-0.05, 0) is 42.5 Å². The monoisotopic (exact) mass is 406 g/mol. The fourth-order valence-electron chi connectivity index (χ4n) is 3.08. The molecule has 152 valence electrons. The quantitative estimate of drug-likeness (QED) is 0.247. The van der Waals surface area contributed by atoms with E-state index in [0.717, 1.165) is 40.6 Å². The maximum absolute atomic E-state index is 5.79. The Morgan fingerprint density at radius 2 is 1.52 bits per heavy atom. The van der Waals surface area contributed by atoms with Crippen LogP contribution in [0.4, 0.5) is 0 Å². The van der Waals surface area contributed by atoms with E-state index in [-0.39, 0.29) is 0 Å². The third-order valence-electron chi connectivity index (χ3n) is 4.74. The minimum Gasteiger partial charge on any atom is -0.493 e. The lowest BCUT2D eigenvalue weighted by atomic mass is 10.0. The summed E-state index contributed by atoms with van der Waals surface area (Å²) >= 11 is 1.71. The Kier molecular flexibility index (Phi) is 8.44. The number of benzene rings is 2. The van der Waals surface area contributed by atoms with Gasteiger partial charge < -0.3 is 4.74 Å². The summed E-state index contributed by atoms with van der Waals surface area (Å²) in [6.45, 7) is 5.08. The largest absolute Gasteiger partial charge is 0.493 e. The van der Waals surface area contributed by atoms with Crippen molar-refractivity contribution in [3.63, 3.8) is 0 Å². The Morgan fingerprint density at radius 3 is 2.21 bits per heavy atom. The summed E-state index contributed by atoms with van der Waals surface area (Å²) in [6, 6.07) is 16.9. The second kappa shape index (κ2) is 11.5. The number of nitrogens with zero attached hydrogens (tertiary/aromatic N) is 2. The van der Waals surface area contributed by atoms with Crippen molar-refractivity contribution in [3.8, 4) is 27.4 Å². The molecule has 0 saturated heterocycles. The number of rotatable bonds is 11. The number of aromatic nitrogens is 2. The van der Waals surface area contributed by atoms with Gasteiger partial charge in [-0.2, -0.15) is 0 Å². The maximum Gasteiger partial charge on any atom is 0.147 e. The zero-order chi connectivity index (χ0) is 20.3. The number of allylic oxidation sites excluding steroid dienone is 1. The van der Waals surface area contributed by atoms with Crippen LogP contribution in [0.1, 0.15) is 51.0 Å². The van der Waals surface area contributed by atoms with Crippen LogP contribution in [-0.2, 0) is 6.42 Å². The third kappa shape index (κ3) is 6.53. The van der Waals surface area contributed by atoms with Crippen molar-refractivity contribution in [2.24, 2.45) is 0 Å². The fraction of sp³-hybridized carbons (Fsp3) is 0.360. The highest BCUT2D eigenvalue weighted by atomic mass is 32.1. The second-order valence-electron chi connectivity index (χ2n) is 7.08. The van der Waals surface area contributed by atoms with Crippen LogP contribution in [0.25, 0.3) is 21.7 Å². The molecule has 0 saturated carbocycles. The zero-order valence-electron chi connectivity index (χ0n) is 17.4. The first-order valence-corrected chi connectivity index (χ1v) is 11.4. The average molecular weight is 407 g/mol. The Bertz CT molecular complexity index is 882. The normalized spacial score (nSPS) is 11.2. The molecule has 0 N–H and O–H groups in total. The molecule has 0 bridgehead atoms. The van der Waals surface area contributed by atoms with E-state index < -0.39 is 0 Å². The number of ether oxygens (including phenoxy) is 1. The predicted molar refractivity (Wildman–Crippen MR) is 124 cm³/mol. The van der Waals surface area contributed by atoms with Crippen molar-refractivity contribution in [1.82, 2.24) is 10.2 Å². The van der Waals surface area contributed by atoms with Crippen molar-refractivity contribution < 1.29 is 4.74 Å². The van der Waals surface area contributed by atoms with Gasteiger partial charge in [-0.25, -0.2) is 0 Å². The smallest absolute Gasteiger partial charge is 0.147 e. The highest BCUT2D eigenvalue weighted by molar-refractivity contribution is 7.14. The molecular formula is C25H30N2OS. The van der Waals surface area contributed by atoms with Crippen LogP contribution >= 0.6 is 11.3 Å².